The number of nitrogens with two attached hydrogens (primary N) is 1. The molecule has 2 amide bonds. The predicted molar refractivity (Wildman–Crippen MR) is 97.0 cm³/mol. The fraction of sp³-hybridized carbons (Fsp3) is 0.105. The number of carbonyl (C=O) groups excluding carboxylic acids is 3. The summed E-state index contributed by atoms with van der Waals surface area (Å²) in [5.74, 6) is -2.50. The quantitative estimate of drug-likeness (QED) is 0.598. The van der Waals surface area contributed by atoms with Crippen LogP contribution in [0.3, 0.4) is 0 Å². The van der Waals surface area contributed by atoms with Gasteiger partial charge in [-0.3, -0.25) is 23.9 Å². The minimum Gasteiger partial charge on any atom is -0.363 e. The standard InChI is InChI=1S/C19H17N5O3/c20-17(26)16(25)15(11-13-5-2-1-3-6-13)23-19(27)18-22-9-10-24(18)14-7-4-8-21-12-14/h1-10,12,15H,11H2,(H2,20,26)(H,23,27). The normalized spacial score (nSPS) is 11.6. The van der Waals surface area contributed by atoms with Crippen LogP contribution in [0.5, 0.6) is 0 Å². The first kappa shape index (κ1) is 18.0. The van der Waals surface area contributed by atoms with Gasteiger partial charge in [-0.25, -0.2) is 4.98 Å². The molecular formula is C19H17N5O3. The lowest BCUT2D eigenvalue weighted by Crippen LogP contribution is -2.47. The molecule has 1 unspecified atom stereocenters. The average molecular weight is 363 g/mol. The third-order valence-electron chi connectivity index (χ3n) is 3.92. The van der Waals surface area contributed by atoms with E-state index in [0.717, 1.165) is 5.56 Å². The fourth-order valence-electron chi connectivity index (χ4n) is 2.63. The Labute approximate surface area is 155 Å². The van der Waals surface area contributed by atoms with Gasteiger partial charge in [-0.05, 0) is 17.7 Å². The summed E-state index contributed by atoms with van der Waals surface area (Å²) in [7, 11) is 0. The number of aromatic nitrogens is 3. The largest absolute Gasteiger partial charge is 0.363 e. The van der Waals surface area contributed by atoms with E-state index in [2.05, 4.69) is 15.3 Å². The number of ketones is 1. The van der Waals surface area contributed by atoms with E-state index in [9.17, 15) is 14.4 Å². The molecular weight excluding hydrogens is 346 g/mol. The molecule has 136 valence electrons. The predicted octanol–water partition coefficient (Wildman–Crippen LogP) is 0.663. The molecule has 2 aromatic heterocycles. The molecule has 0 aliphatic rings. The number of benzene rings is 1. The van der Waals surface area contributed by atoms with E-state index in [1.165, 1.54) is 10.8 Å². The maximum atomic E-state index is 12.7. The zero-order valence-corrected chi connectivity index (χ0v) is 14.3. The number of pyridine rings is 1. The van der Waals surface area contributed by atoms with Crippen molar-refractivity contribution < 1.29 is 14.4 Å². The summed E-state index contributed by atoms with van der Waals surface area (Å²) in [4.78, 5) is 44.3. The molecule has 0 aliphatic heterocycles. The van der Waals surface area contributed by atoms with Crippen LogP contribution in [0.1, 0.15) is 16.2 Å². The Bertz CT molecular complexity index is 954. The lowest BCUT2D eigenvalue weighted by atomic mass is 10.0. The van der Waals surface area contributed by atoms with Gasteiger partial charge in [0.15, 0.2) is 0 Å². The molecule has 0 spiro atoms. The van der Waals surface area contributed by atoms with Gasteiger partial charge in [0.1, 0.15) is 6.04 Å². The summed E-state index contributed by atoms with van der Waals surface area (Å²) in [5, 5.41) is 2.57. The average Bonchev–Trinajstić information content (AvgIpc) is 3.18. The van der Waals surface area contributed by atoms with Gasteiger partial charge in [-0.2, -0.15) is 0 Å². The molecule has 0 saturated heterocycles. The number of nitrogens with zero attached hydrogens (tertiary/aromatic N) is 3. The van der Waals surface area contributed by atoms with Crippen molar-refractivity contribution >= 4 is 17.6 Å². The molecule has 0 aliphatic carbocycles. The summed E-state index contributed by atoms with van der Waals surface area (Å²) in [6.45, 7) is 0. The molecule has 3 N–H and O–H groups in total. The number of nitrogens with one attached hydrogen (secondary N) is 1. The minimum absolute atomic E-state index is 0.0679. The van der Waals surface area contributed by atoms with Crippen LogP contribution in [0.2, 0.25) is 0 Å². The zero-order chi connectivity index (χ0) is 19.2. The Morgan fingerprint density at radius 2 is 1.85 bits per heavy atom. The van der Waals surface area contributed by atoms with E-state index in [1.807, 2.05) is 6.07 Å². The third-order valence-corrected chi connectivity index (χ3v) is 3.92. The number of Topliss-reactive ketones (excluding diaryl/α,β-unsaturated/α-hetero) is 1. The molecule has 3 aromatic rings. The smallest absolute Gasteiger partial charge is 0.288 e. The molecule has 3 rings (SSSR count). The highest BCUT2D eigenvalue weighted by Crippen LogP contribution is 2.10. The Balaban J connectivity index is 1.84. The molecule has 2 heterocycles. The lowest BCUT2D eigenvalue weighted by Gasteiger charge is -2.16. The SMILES string of the molecule is NC(=O)C(=O)C(Cc1ccccc1)NC(=O)c1nccn1-c1cccnc1. The maximum Gasteiger partial charge on any atom is 0.288 e. The molecule has 0 fully saturated rings. The van der Waals surface area contributed by atoms with Gasteiger partial charge in [0.05, 0.1) is 11.9 Å². The fourth-order valence-corrected chi connectivity index (χ4v) is 2.63. The first-order valence-electron chi connectivity index (χ1n) is 8.18. The number of amides is 2. The Morgan fingerprint density at radius 3 is 2.52 bits per heavy atom. The van der Waals surface area contributed by atoms with Crippen molar-refractivity contribution in [3.8, 4) is 5.69 Å². The van der Waals surface area contributed by atoms with Gasteiger partial charge in [-0.15, -0.1) is 0 Å². The first-order chi connectivity index (χ1) is 13.1. The number of hydrogen-bond donors (Lipinski definition) is 2. The second-order valence-corrected chi connectivity index (χ2v) is 5.78. The second kappa shape index (κ2) is 8.05. The van der Waals surface area contributed by atoms with Crippen molar-refractivity contribution in [3.63, 3.8) is 0 Å². The molecule has 1 aromatic carbocycles. The van der Waals surface area contributed by atoms with E-state index < -0.39 is 23.6 Å². The van der Waals surface area contributed by atoms with Crippen molar-refractivity contribution in [1.82, 2.24) is 19.9 Å². The van der Waals surface area contributed by atoms with Crippen LogP contribution in [0.25, 0.3) is 5.69 Å². The van der Waals surface area contributed by atoms with Crippen molar-refractivity contribution in [2.24, 2.45) is 5.73 Å². The first-order valence-corrected chi connectivity index (χ1v) is 8.18. The molecule has 0 radical (unpaired) electrons. The van der Waals surface area contributed by atoms with Crippen LogP contribution in [0.15, 0.2) is 67.3 Å². The van der Waals surface area contributed by atoms with Crippen molar-refractivity contribution in [2.75, 3.05) is 0 Å². The lowest BCUT2D eigenvalue weighted by molar-refractivity contribution is -0.137. The molecule has 1 atom stereocenters. The Kier molecular flexibility index (Phi) is 5.36. The van der Waals surface area contributed by atoms with Gasteiger partial charge in [0.2, 0.25) is 11.6 Å². The number of carbonyl (C=O) groups is 3. The number of rotatable bonds is 7. The number of imidazole rings is 1. The topological polar surface area (TPSA) is 120 Å². The van der Waals surface area contributed by atoms with E-state index in [1.54, 1.807) is 55.0 Å². The van der Waals surface area contributed by atoms with E-state index in [4.69, 9.17) is 5.73 Å². The van der Waals surface area contributed by atoms with E-state index in [0.29, 0.717) is 5.69 Å². The molecule has 8 heteroatoms. The number of primary amides is 1. The Morgan fingerprint density at radius 1 is 1.07 bits per heavy atom. The summed E-state index contributed by atoms with van der Waals surface area (Å²) in [5.41, 5.74) is 6.56. The van der Waals surface area contributed by atoms with Gasteiger partial charge in [0.25, 0.3) is 11.8 Å². The van der Waals surface area contributed by atoms with Crippen molar-refractivity contribution in [2.45, 2.75) is 12.5 Å². The summed E-state index contributed by atoms with van der Waals surface area (Å²) in [6, 6.07) is 11.4. The third kappa shape index (κ3) is 4.24. The van der Waals surface area contributed by atoms with Gasteiger partial charge in [-0.1, -0.05) is 30.3 Å². The van der Waals surface area contributed by atoms with Crippen LogP contribution in [-0.2, 0) is 16.0 Å². The molecule has 0 saturated carbocycles. The number of hydrogen-bond acceptors (Lipinski definition) is 5. The van der Waals surface area contributed by atoms with Crippen LogP contribution < -0.4 is 11.1 Å². The van der Waals surface area contributed by atoms with Crippen LogP contribution in [0.4, 0.5) is 0 Å². The monoisotopic (exact) mass is 363 g/mol. The molecule has 8 nitrogen and oxygen atoms in total. The van der Waals surface area contributed by atoms with Crippen molar-refractivity contribution in [1.29, 1.82) is 0 Å². The summed E-state index contributed by atoms with van der Waals surface area (Å²) >= 11 is 0. The highest BCUT2D eigenvalue weighted by atomic mass is 16.2. The van der Waals surface area contributed by atoms with Gasteiger partial charge >= 0.3 is 0 Å². The molecule has 0 bridgehead atoms. The van der Waals surface area contributed by atoms with Gasteiger partial charge in [0, 0.05) is 25.0 Å². The van der Waals surface area contributed by atoms with Crippen LogP contribution >= 0.6 is 0 Å². The minimum atomic E-state index is -1.10. The van der Waals surface area contributed by atoms with Crippen LogP contribution in [0, 0.1) is 0 Å². The summed E-state index contributed by atoms with van der Waals surface area (Å²) in [6.07, 6.45) is 6.40. The highest BCUT2D eigenvalue weighted by Gasteiger charge is 2.27. The Hall–Kier alpha value is -3.81. The summed E-state index contributed by atoms with van der Waals surface area (Å²) < 4.78 is 1.54. The molecule has 27 heavy (non-hydrogen) atoms. The van der Waals surface area contributed by atoms with Crippen LogP contribution in [-0.4, -0.2) is 38.2 Å². The van der Waals surface area contributed by atoms with E-state index >= 15 is 0 Å². The highest BCUT2D eigenvalue weighted by molar-refractivity contribution is 6.38. The second-order valence-electron chi connectivity index (χ2n) is 5.78. The van der Waals surface area contributed by atoms with Gasteiger partial charge < -0.3 is 11.1 Å². The van der Waals surface area contributed by atoms with E-state index in [-0.39, 0.29) is 12.2 Å². The van der Waals surface area contributed by atoms with Crippen molar-refractivity contribution in [3.05, 3.63) is 78.6 Å². The zero-order valence-electron chi connectivity index (χ0n) is 14.3. The maximum absolute atomic E-state index is 12.7.